The highest BCUT2D eigenvalue weighted by Gasteiger charge is 2.13. The van der Waals surface area contributed by atoms with Crippen molar-refractivity contribution in [2.24, 2.45) is 17.8 Å². The van der Waals surface area contributed by atoms with Crippen LogP contribution in [0.1, 0.15) is 52.2 Å². The molecule has 0 spiro atoms. The molecule has 0 aliphatic heterocycles. The lowest BCUT2D eigenvalue weighted by atomic mass is 9.86. The van der Waals surface area contributed by atoms with Crippen molar-refractivity contribution in [2.75, 3.05) is 0 Å². The molecule has 104 valence electrons. The number of pyridine rings is 1. The second-order valence-corrected chi connectivity index (χ2v) is 5.98. The van der Waals surface area contributed by atoms with Crippen LogP contribution in [0.5, 0.6) is 0 Å². The van der Waals surface area contributed by atoms with E-state index in [1.807, 2.05) is 12.4 Å². The molecule has 0 saturated carbocycles. The van der Waals surface area contributed by atoms with Crippen molar-refractivity contribution in [3.8, 4) is 0 Å². The Kier molecular flexibility index (Phi) is 8.34. The van der Waals surface area contributed by atoms with E-state index in [2.05, 4.69) is 45.7 Å². The molecule has 1 atom stereocenters. The molecule has 1 nitrogen and oxygen atoms in total. The van der Waals surface area contributed by atoms with E-state index in [1.165, 1.54) is 30.4 Å². The van der Waals surface area contributed by atoms with Crippen LogP contribution in [0.25, 0.3) is 0 Å². The molecule has 0 saturated heterocycles. The predicted molar refractivity (Wildman–Crippen MR) is 85.5 cm³/mol. The largest absolute Gasteiger partial charge is 0.264 e. The van der Waals surface area contributed by atoms with Crippen LogP contribution in [0.3, 0.4) is 0 Å². The van der Waals surface area contributed by atoms with Gasteiger partial charge in [0.15, 0.2) is 0 Å². The Balaban J connectivity index is 0.000000362. The summed E-state index contributed by atoms with van der Waals surface area (Å²) in [5.74, 6) is 2.57. The van der Waals surface area contributed by atoms with Crippen LogP contribution in [0.15, 0.2) is 18.5 Å². The van der Waals surface area contributed by atoms with Crippen molar-refractivity contribution < 1.29 is 0 Å². The first-order valence-corrected chi connectivity index (χ1v) is 6.92. The summed E-state index contributed by atoms with van der Waals surface area (Å²) in [6.45, 7) is 11.3. The molecule has 1 aliphatic rings. The lowest BCUT2D eigenvalue weighted by Gasteiger charge is -2.20. The molecule has 2 heteroatoms. The van der Waals surface area contributed by atoms with Crippen LogP contribution in [0.2, 0.25) is 0 Å². The first-order chi connectivity index (χ1) is 8.00. The fourth-order valence-electron chi connectivity index (χ4n) is 1.76. The zero-order valence-corrected chi connectivity index (χ0v) is 13.5. The molecule has 0 fully saturated rings. The molecule has 2 rings (SSSR count). The predicted octanol–water partition coefficient (Wildman–Crippen LogP) is 4.62. The lowest BCUT2D eigenvalue weighted by molar-refractivity contribution is 0.457. The number of aromatic nitrogens is 1. The molecule has 1 aromatic rings. The fourth-order valence-corrected chi connectivity index (χ4v) is 1.76. The minimum Gasteiger partial charge on any atom is -0.264 e. The number of hydrogen-bond acceptors (Lipinski definition) is 1. The number of aryl methyl sites for hydroxylation is 1. The van der Waals surface area contributed by atoms with Gasteiger partial charge in [-0.25, -0.2) is 0 Å². The van der Waals surface area contributed by atoms with Gasteiger partial charge in [-0.05, 0) is 54.2 Å². The Morgan fingerprint density at radius 1 is 1.11 bits per heavy atom. The van der Waals surface area contributed by atoms with Crippen LogP contribution in [0.4, 0.5) is 0 Å². The van der Waals surface area contributed by atoms with Crippen molar-refractivity contribution in [3.63, 3.8) is 0 Å². The van der Waals surface area contributed by atoms with Gasteiger partial charge in [0, 0.05) is 12.4 Å². The number of rotatable bonds is 1. The zero-order chi connectivity index (χ0) is 12.8. The van der Waals surface area contributed by atoms with Crippen molar-refractivity contribution >= 4 is 13.5 Å². The second kappa shape index (κ2) is 8.58. The molecule has 0 radical (unpaired) electrons. The van der Waals surface area contributed by atoms with E-state index in [0.29, 0.717) is 0 Å². The molecule has 0 bridgehead atoms. The van der Waals surface area contributed by atoms with Gasteiger partial charge in [0.05, 0.1) is 0 Å². The number of hydrogen-bond donors (Lipinski definition) is 0. The highest BCUT2D eigenvalue weighted by molar-refractivity contribution is 7.59. The first-order valence-electron chi connectivity index (χ1n) is 6.92. The Hall–Kier alpha value is -0.500. The zero-order valence-electron chi connectivity index (χ0n) is 12.5. The van der Waals surface area contributed by atoms with Gasteiger partial charge in [-0.3, -0.25) is 4.98 Å². The van der Waals surface area contributed by atoms with Gasteiger partial charge in [-0.2, -0.15) is 13.5 Å². The van der Waals surface area contributed by atoms with Crippen LogP contribution >= 0.6 is 13.5 Å². The van der Waals surface area contributed by atoms with E-state index >= 15 is 0 Å². The van der Waals surface area contributed by atoms with Crippen molar-refractivity contribution in [1.29, 1.82) is 0 Å². The lowest BCUT2D eigenvalue weighted by Crippen LogP contribution is -2.10. The van der Waals surface area contributed by atoms with E-state index in [9.17, 15) is 0 Å². The summed E-state index contributed by atoms with van der Waals surface area (Å²) < 4.78 is 0. The normalized spacial score (nSPS) is 17.6. The summed E-state index contributed by atoms with van der Waals surface area (Å²) in [5.41, 5.74) is 2.98. The van der Waals surface area contributed by atoms with Crippen LogP contribution in [-0.4, -0.2) is 4.98 Å². The maximum absolute atomic E-state index is 4.12. The topological polar surface area (TPSA) is 12.9 Å². The average molecular weight is 267 g/mol. The van der Waals surface area contributed by atoms with Gasteiger partial charge in [0.1, 0.15) is 0 Å². The van der Waals surface area contributed by atoms with Gasteiger partial charge in [-0.15, -0.1) is 0 Å². The SMILES string of the molecule is CC(C)C(C)C.CC1CCc2cnccc2C1.S. The minimum absolute atomic E-state index is 0. The molecular formula is C16H29NS. The van der Waals surface area contributed by atoms with Gasteiger partial charge in [0.2, 0.25) is 0 Å². The number of nitrogens with zero attached hydrogens (tertiary/aromatic N) is 1. The van der Waals surface area contributed by atoms with Crippen LogP contribution in [0, 0.1) is 17.8 Å². The van der Waals surface area contributed by atoms with E-state index in [-0.39, 0.29) is 13.5 Å². The molecule has 1 aliphatic carbocycles. The molecule has 0 aromatic carbocycles. The molecule has 0 amide bonds. The third-order valence-electron chi connectivity index (χ3n) is 3.81. The van der Waals surface area contributed by atoms with Crippen LogP contribution in [-0.2, 0) is 12.8 Å². The van der Waals surface area contributed by atoms with Crippen LogP contribution < -0.4 is 0 Å². The van der Waals surface area contributed by atoms with E-state index in [4.69, 9.17) is 0 Å². The maximum Gasteiger partial charge on any atom is 0.0302 e. The van der Waals surface area contributed by atoms with Gasteiger partial charge >= 0.3 is 0 Å². The third-order valence-corrected chi connectivity index (χ3v) is 3.81. The van der Waals surface area contributed by atoms with E-state index in [1.54, 1.807) is 0 Å². The molecular weight excluding hydrogens is 238 g/mol. The first kappa shape index (κ1) is 17.5. The minimum atomic E-state index is 0. The summed E-state index contributed by atoms with van der Waals surface area (Å²) in [6.07, 6.45) is 7.72. The Morgan fingerprint density at radius 3 is 2.28 bits per heavy atom. The van der Waals surface area contributed by atoms with Crippen molar-refractivity contribution in [3.05, 3.63) is 29.6 Å². The number of fused-ring (bicyclic) bond motifs is 1. The fraction of sp³-hybridized carbons (Fsp3) is 0.688. The quantitative estimate of drug-likeness (QED) is 0.723. The van der Waals surface area contributed by atoms with Gasteiger partial charge < -0.3 is 0 Å². The molecule has 18 heavy (non-hydrogen) atoms. The monoisotopic (exact) mass is 267 g/mol. The van der Waals surface area contributed by atoms with Crippen molar-refractivity contribution in [2.45, 2.75) is 53.9 Å². The Labute approximate surface area is 120 Å². The third kappa shape index (κ3) is 5.90. The summed E-state index contributed by atoms with van der Waals surface area (Å²) in [6, 6.07) is 2.16. The standard InChI is InChI=1S/C10H13N.C6H14.H2S/c1-8-2-3-10-7-11-5-4-9(10)6-8;1-5(2)6(3)4;/h4-5,7-8H,2-3,6H2,1H3;5-6H,1-4H3;1H2. The van der Waals surface area contributed by atoms with Crippen molar-refractivity contribution in [1.82, 2.24) is 4.98 Å². The highest BCUT2D eigenvalue weighted by Crippen LogP contribution is 2.23. The summed E-state index contributed by atoms with van der Waals surface area (Å²) in [7, 11) is 0. The smallest absolute Gasteiger partial charge is 0.0302 e. The second-order valence-electron chi connectivity index (χ2n) is 5.98. The van der Waals surface area contributed by atoms with E-state index < -0.39 is 0 Å². The Morgan fingerprint density at radius 2 is 1.72 bits per heavy atom. The summed E-state index contributed by atoms with van der Waals surface area (Å²) in [4.78, 5) is 4.12. The average Bonchev–Trinajstić information content (AvgIpc) is 2.29. The summed E-state index contributed by atoms with van der Waals surface area (Å²) in [5, 5.41) is 0. The maximum atomic E-state index is 4.12. The molecule has 1 unspecified atom stereocenters. The van der Waals surface area contributed by atoms with E-state index in [0.717, 1.165) is 17.8 Å². The Bertz CT molecular complexity index is 328. The molecule has 1 aromatic heterocycles. The van der Waals surface area contributed by atoms with Gasteiger partial charge in [-0.1, -0.05) is 34.6 Å². The summed E-state index contributed by atoms with van der Waals surface area (Å²) >= 11 is 0. The molecule has 0 N–H and O–H groups in total. The highest BCUT2D eigenvalue weighted by atomic mass is 32.1. The van der Waals surface area contributed by atoms with Gasteiger partial charge in [0.25, 0.3) is 0 Å². The molecule has 1 heterocycles.